The number of ether oxygens (including phenoxy) is 1. The SMILES string of the molecule is COC(=O)C(C(C)C)n1ccc2c1CCCC2N. The molecule has 0 aliphatic heterocycles. The third kappa shape index (κ3) is 2.17. The van der Waals surface area contributed by atoms with E-state index in [1.54, 1.807) is 0 Å². The summed E-state index contributed by atoms with van der Waals surface area (Å²) in [6.07, 6.45) is 5.10. The lowest BCUT2D eigenvalue weighted by Crippen LogP contribution is -2.28. The largest absolute Gasteiger partial charge is 0.467 e. The van der Waals surface area contributed by atoms with Crippen molar-refractivity contribution in [3.05, 3.63) is 23.5 Å². The van der Waals surface area contributed by atoms with Gasteiger partial charge in [-0.1, -0.05) is 13.8 Å². The van der Waals surface area contributed by atoms with Crippen molar-refractivity contribution < 1.29 is 9.53 Å². The quantitative estimate of drug-likeness (QED) is 0.837. The Morgan fingerprint density at radius 2 is 2.28 bits per heavy atom. The van der Waals surface area contributed by atoms with Crippen LogP contribution in [-0.2, 0) is 16.0 Å². The first-order valence-electron chi connectivity index (χ1n) is 6.59. The highest BCUT2D eigenvalue weighted by molar-refractivity contribution is 5.74. The van der Waals surface area contributed by atoms with Gasteiger partial charge in [0.25, 0.3) is 0 Å². The third-order valence-corrected chi connectivity index (χ3v) is 3.76. The fourth-order valence-electron chi connectivity index (χ4n) is 2.84. The van der Waals surface area contributed by atoms with Crippen LogP contribution >= 0.6 is 0 Å². The first-order valence-corrected chi connectivity index (χ1v) is 6.59. The molecule has 2 unspecified atom stereocenters. The Balaban J connectivity index is 2.40. The fourth-order valence-corrected chi connectivity index (χ4v) is 2.84. The highest BCUT2D eigenvalue weighted by atomic mass is 16.5. The van der Waals surface area contributed by atoms with Crippen molar-refractivity contribution >= 4 is 5.97 Å². The van der Waals surface area contributed by atoms with Gasteiger partial charge in [-0.2, -0.15) is 0 Å². The Morgan fingerprint density at radius 3 is 2.89 bits per heavy atom. The van der Waals surface area contributed by atoms with Gasteiger partial charge in [0, 0.05) is 17.9 Å². The molecule has 2 atom stereocenters. The van der Waals surface area contributed by atoms with Gasteiger partial charge in [0.2, 0.25) is 0 Å². The van der Waals surface area contributed by atoms with Crippen LogP contribution in [0.15, 0.2) is 12.3 Å². The van der Waals surface area contributed by atoms with Gasteiger partial charge in [0.15, 0.2) is 0 Å². The van der Waals surface area contributed by atoms with Crippen LogP contribution in [0.2, 0.25) is 0 Å². The van der Waals surface area contributed by atoms with E-state index < -0.39 is 0 Å². The summed E-state index contributed by atoms with van der Waals surface area (Å²) in [5.74, 6) is 0.0228. The van der Waals surface area contributed by atoms with Crippen molar-refractivity contribution in [2.24, 2.45) is 11.7 Å². The predicted octanol–water partition coefficient (Wildman–Crippen LogP) is 2.19. The van der Waals surface area contributed by atoms with Crippen LogP contribution in [0.3, 0.4) is 0 Å². The molecule has 2 N–H and O–H groups in total. The number of carbonyl (C=O) groups excluding carboxylic acids is 1. The van der Waals surface area contributed by atoms with Gasteiger partial charge in [0.05, 0.1) is 7.11 Å². The molecule has 1 aromatic heterocycles. The summed E-state index contributed by atoms with van der Waals surface area (Å²) in [4.78, 5) is 11.9. The summed E-state index contributed by atoms with van der Waals surface area (Å²) in [7, 11) is 1.44. The lowest BCUT2D eigenvalue weighted by atomic mass is 9.93. The van der Waals surface area contributed by atoms with Gasteiger partial charge in [-0.15, -0.1) is 0 Å². The first-order chi connectivity index (χ1) is 8.56. The molecule has 4 heteroatoms. The van der Waals surface area contributed by atoms with Gasteiger partial charge in [-0.25, -0.2) is 4.79 Å². The smallest absolute Gasteiger partial charge is 0.329 e. The summed E-state index contributed by atoms with van der Waals surface area (Å²) in [5.41, 5.74) is 8.51. The van der Waals surface area contributed by atoms with Crippen LogP contribution in [0.4, 0.5) is 0 Å². The van der Waals surface area contributed by atoms with E-state index in [4.69, 9.17) is 10.5 Å². The number of aromatic nitrogens is 1. The molecule has 0 amide bonds. The Labute approximate surface area is 108 Å². The highest BCUT2D eigenvalue weighted by Gasteiger charge is 2.29. The van der Waals surface area contributed by atoms with Crippen LogP contribution in [0.25, 0.3) is 0 Å². The molecule has 0 spiro atoms. The number of nitrogens with two attached hydrogens (primary N) is 1. The molecule has 0 aromatic carbocycles. The molecule has 4 nitrogen and oxygen atoms in total. The van der Waals surface area contributed by atoms with Crippen molar-refractivity contribution in [1.29, 1.82) is 0 Å². The van der Waals surface area contributed by atoms with E-state index in [-0.39, 0.29) is 24.0 Å². The predicted molar refractivity (Wildman–Crippen MR) is 70.2 cm³/mol. The lowest BCUT2D eigenvalue weighted by Gasteiger charge is -2.26. The fraction of sp³-hybridized carbons (Fsp3) is 0.643. The molecule has 1 aliphatic rings. The zero-order chi connectivity index (χ0) is 13.3. The maximum atomic E-state index is 11.9. The second kappa shape index (κ2) is 5.14. The molecule has 2 rings (SSSR count). The Hall–Kier alpha value is -1.29. The molecule has 1 aromatic rings. The Kier molecular flexibility index (Phi) is 3.76. The summed E-state index contributed by atoms with van der Waals surface area (Å²) in [6.45, 7) is 4.08. The second-order valence-corrected chi connectivity index (χ2v) is 5.34. The van der Waals surface area contributed by atoms with Crippen molar-refractivity contribution in [2.75, 3.05) is 7.11 Å². The summed E-state index contributed by atoms with van der Waals surface area (Å²) in [5, 5.41) is 0. The van der Waals surface area contributed by atoms with Crippen molar-refractivity contribution in [1.82, 2.24) is 4.57 Å². The normalized spacial score (nSPS) is 20.6. The standard InChI is InChI=1S/C14H22N2O2/c1-9(2)13(14(17)18-3)16-8-7-10-11(15)5-4-6-12(10)16/h7-9,11,13H,4-6,15H2,1-3H3. The van der Waals surface area contributed by atoms with E-state index in [1.165, 1.54) is 18.4 Å². The molecular formula is C14H22N2O2. The highest BCUT2D eigenvalue weighted by Crippen LogP contribution is 2.32. The summed E-state index contributed by atoms with van der Waals surface area (Å²) < 4.78 is 6.98. The van der Waals surface area contributed by atoms with Gasteiger partial charge in [-0.05, 0) is 36.8 Å². The first kappa shape index (κ1) is 13.1. The zero-order valence-corrected chi connectivity index (χ0v) is 11.3. The van der Waals surface area contributed by atoms with E-state index in [1.807, 2.05) is 20.0 Å². The van der Waals surface area contributed by atoms with Gasteiger partial charge >= 0.3 is 5.97 Å². The van der Waals surface area contributed by atoms with Gasteiger partial charge < -0.3 is 15.0 Å². The maximum Gasteiger partial charge on any atom is 0.329 e. The van der Waals surface area contributed by atoms with E-state index in [2.05, 4.69) is 10.6 Å². The second-order valence-electron chi connectivity index (χ2n) is 5.34. The zero-order valence-electron chi connectivity index (χ0n) is 11.3. The van der Waals surface area contributed by atoms with Crippen LogP contribution in [-0.4, -0.2) is 17.6 Å². The number of nitrogens with zero attached hydrogens (tertiary/aromatic N) is 1. The lowest BCUT2D eigenvalue weighted by molar-refractivity contribution is -0.146. The van der Waals surface area contributed by atoms with Crippen LogP contribution < -0.4 is 5.73 Å². The van der Waals surface area contributed by atoms with Crippen LogP contribution in [0.5, 0.6) is 0 Å². The summed E-state index contributed by atoms with van der Waals surface area (Å²) >= 11 is 0. The van der Waals surface area contributed by atoms with E-state index in [0.29, 0.717) is 0 Å². The Morgan fingerprint density at radius 1 is 1.56 bits per heavy atom. The average Bonchev–Trinajstić information content (AvgIpc) is 2.74. The molecule has 1 aliphatic carbocycles. The average molecular weight is 250 g/mol. The molecular weight excluding hydrogens is 228 g/mol. The number of hydrogen-bond acceptors (Lipinski definition) is 3. The van der Waals surface area contributed by atoms with Crippen molar-refractivity contribution in [3.63, 3.8) is 0 Å². The van der Waals surface area contributed by atoms with Gasteiger partial charge in [0.1, 0.15) is 6.04 Å². The molecule has 18 heavy (non-hydrogen) atoms. The van der Waals surface area contributed by atoms with Crippen LogP contribution in [0, 0.1) is 5.92 Å². The molecule has 0 saturated heterocycles. The number of carbonyl (C=O) groups is 1. The minimum Gasteiger partial charge on any atom is -0.467 e. The Bertz CT molecular complexity index is 437. The minimum atomic E-state index is -0.246. The molecule has 0 fully saturated rings. The van der Waals surface area contributed by atoms with Crippen molar-refractivity contribution in [2.45, 2.75) is 45.2 Å². The van der Waals surface area contributed by atoms with Crippen LogP contribution in [0.1, 0.15) is 50.0 Å². The number of methoxy groups -OCH3 is 1. The molecule has 1 heterocycles. The monoisotopic (exact) mass is 250 g/mol. The maximum absolute atomic E-state index is 11.9. The number of rotatable bonds is 3. The molecule has 0 saturated carbocycles. The van der Waals surface area contributed by atoms with E-state index >= 15 is 0 Å². The van der Waals surface area contributed by atoms with Gasteiger partial charge in [-0.3, -0.25) is 0 Å². The number of fused-ring (bicyclic) bond motifs is 1. The number of esters is 1. The minimum absolute atomic E-state index is 0.112. The molecule has 0 bridgehead atoms. The summed E-state index contributed by atoms with van der Waals surface area (Å²) in [6, 6.07) is 1.92. The number of hydrogen-bond donors (Lipinski definition) is 1. The molecule has 0 radical (unpaired) electrons. The van der Waals surface area contributed by atoms with E-state index in [9.17, 15) is 4.79 Å². The van der Waals surface area contributed by atoms with E-state index in [0.717, 1.165) is 19.3 Å². The molecule has 100 valence electrons. The topological polar surface area (TPSA) is 57.2 Å². The third-order valence-electron chi connectivity index (χ3n) is 3.76. The van der Waals surface area contributed by atoms with Crippen molar-refractivity contribution in [3.8, 4) is 0 Å².